The molecule has 0 aliphatic carbocycles. The zero-order valence-electron chi connectivity index (χ0n) is 14.6. The number of aliphatic imine (C=N–C) groups is 1. The second-order valence-electron chi connectivity index (χ2n) is 6.43. The number of hydrogen-bond acceptors (Lipinski definition) is 4. The quantitative estimate of drug-likeness (QED) is 0.286. The van der Waals surface area contributed by atoms with Crippen molar-refractivity contribution >= 4 is 41.8 Å². The molecule has 0 aromatic rings. The molecule has 0 bridgehead atoms. The lowest BCUT2D eigenvalue weighted by Crippen LogP contribution is -2.42. The SMILES string of the molecule is CCNC(=NCC(C)(C)C(N)=O)N1CC(C)C(C(=O)OC)C1.I. The van der Waals surface area contributed by atoms with E-state index in [0.717, 1.165) is 6.54 Å². The van der Waals surface area contributed by atoms with Crippen LogP contribution in [0.3, 0.4) is 0 Å². The largest absolute Gasteiger partial charge is 0.469 e. The molecule has 23 heavy (non-hydrogen) atoms. The van der Waals surface area contributed by atoms with Gasteiger partial charge in [0.15, 0.2) is 5.96 Å². The van der Waals surface area contributed by atoms with Crippen molar-refractivity contribution in [3.05, 3.63) is 0 Å². The molecule has 134 valence electrons. The summed E-state index contributed by atoms with van der Waals surface area (Å²) in [4.78, 5) is 29.7. The highest BCUT2D eigenvalue weighted by Crippen LogP contribution is 2.24. The van der Waals surface area contributed by atoms with Crippen molar-refractivity contribution in [2.45, 2.75) is 27.7 Å². The van der Waals surface area contributed by atoms with Crippen molar-refractivity contribution in [3.63, 3.8) is 0 Å². The van der Waals surface area contributed by atoms with Crippen LogP contribution in [0.4, 0.5) is 0 Å². The van der Waals surface area contributed by atoms with Gasteiger partial charge >= 0.3 is 5.97 Å². The molecule has 1 heterocycles. The van der Waals surface area contributed by atoms with Crippen molar-refractivity contribution in [2.24, 2.45) is 28.0 Å². The normalized spacial score (nSPS) is 21.6. The van der Waals surface area contributed by atoms with Crippen LogP contribution in [-0.4, -0.2) is 56.0 Å². The molecule has 2 atom stereocenters. The number of ether oxygens (including phenoxy) is 1. The first-order valence-electron chi connectivity index (χ1n) is 7.64. The van der Waals surface area contributed by atoms with Gasteiger partial charge in [-0.25, -0.2) is 0 Å². The van der Waals surface area contributed by atoms with Gasteiger partial charge in [-0.05, 0) is 26.7 Å². The second-order valence-corrected chi connectivity index (χ2v) is 6.43. The minimum absolute atomic E-state index is 0. The van der Waals surface area contributed by atoms with E-state index in [2.05, 4.69) is 10.3 Å². The van der Waals surface area contributed by atoms with E-state index in [-0.39, 0.29) is 47.7 Å². The van der Waals surface area contributed by atoms with Gasteiger partial charge in [-0.1, -0.05) is 6.92 Å². The van der Waals surface area contributed by atoms with Gasteiger partial charge in [0.2, 0.25) is 5.91 Å². The smallest absolute Gasteiger partial charge is 0.310 e. The van der Waals surface area contributed by atoms with Gasteiger partial charge in [0.05, 0.1) is 25.0 Å². The molecule has 3 N–H and O–H groups in total. The van der Waals surface area contributed by atoms with Gasteiger partial charge in [0, 0.05) is 19.6 Å². The van der Waals surface area contributed by atoms with Crippen LogP contribution in [0.1, 0.15) is 27.7 Å². The Hall–Kier alpha value is -1.06. The van der Waals surface area contributed by atoms with Crippen molar-refractivity contribution in [1.29, 1.82) is 0 Å². The standard InChI is InChI=1S/C15H28N4O3.HI/c1-6-17-14(18-9-15(3,4)13(16)21)19-7-10(2)11(8-19)12(20)22-5;/h10-11H,6-9H2,1-5H3,(H2,16,21)(H,17,18);1H. The average Bonchev–Trinajstić information content (AvgIpc) is 2.84. The highest BCUT2D eigenvalue weighted by molar-refractivity contribution is 14.0. The molecular formula is C15H29IN4O3. The van der Waals surface area contributed by atoms with Crippen LogP contribution < -0.4 is 11.1 Å². The zero-order chi connectivity index (χ0) is 16.9. The van der Waals surface area contributed by atoms with Gasteiger partial charge in [0.1, 0.15) is 0 Å². The average molecular weight is 440 g/mol. The number of primary amides is 1. The number of guanidine groups is 1. The molecule has 0 aromatic carbocycles. The van der Waals surface area contributed by atoms with E-state index in [1.165, 1.54) is 7.11 Å². The fraction of sp³-hybridized carbons (Fsp3) is 0.800. The fourth-order valence-corrected chi connectivity index (χ4v) is 2.37. The number of rotatable bonds is 5. The predicted molar refractivity (Wildman–Crippen MR) is 101 cm³/mol. The molecule has 1 rings (SSSR count). The molecule has 1 amide bonds. The van der Waals surface area contributed by atoms with E-state index in [1.54, 1.807) is 13.8 Å². The number of halogens is 1. The summed E-state index contributed by atoms with van der Waals surface area (Å²) in [5, 5.41) is 3.21. The van der Waals surface area contributed by atoms with Crippen LogP contribution in [0.15, 0.2) is 4.99 Å². The number of hydrogen-bond donors (Lipinski definition) is 2. The van der Waals surface area contributed by atoms with Gasteiger partial charge in [0.25, 0.3) is 0 Å². The Morgan fingerprint density at radius 1 is 1.39 bits per heavy atom. The lowest BCUT2D eigenvalue weighted by Gasteiger charge is -2.24. The molecular weight excluding hydrogens is 411 g/mol. The van der Waals surface area contributed by atoms with E-state index in [9.17, 15) is 9.59 Å². The molecule has 1 aliphatic heterocycles. The van der Waals surface area contributed by atoms with Gasteiger partial charge < -0.3 is 20.7 Å². The molecule has 0 spiro atoms. The topological polar surface area (TPSA) is 97.0 Å². The van der Waals surface area contributed by atoms with E-state index in [0.29, 0.717) is 25.6 Å². The number of esters is 1. The first-order chi connectivity index (χ1) is 10.2. The fourth-order valence-electron chi connectivity index (χ4n) is 2.37. The maximum Gasteiger partial charge on any atom is 0.310 e. The maximum absolute atomic E-state index is 11.8. The summed E-state index contributed by atoms with van der Waals surface area (Å²) in [6, 6.07) is 0. The summed E-state index contributed by atoms with van der Waals surface area (Å²) < 4.78 is 4.85. The molecule has 0 radical (unpaired) electrons. The first kappa shape index (κ1) is 21.9. The van der Waals surface area contributed by atoms with Crippen LogP contribution in [0.25, 0.3) is 0 Å². The third-order valence-corrected chi connectivity index (χ3v) is 4.04. The third-order valence-electron chi connectivity index (χ3n) is 4.04. The van der Waals surface area contributed by atoms with Crippen LogP contribution in [0, 0.1) is 17.3 Å². The van der Waals surface area contributed by atoms with Crippen molar-refractivity contribution in [1.82, 2.24) is 10.2 Å². The first-order valence-corrected chi connectivity index (χ1v) is 7.64. The number of amides is 1. The molecule has 1 fully saturated rings. The van der Waals surface area contributed by atoms with Gasteiger partial charge in [-0.15, -0.1) is 24.0 Å². The number of methoxy groups -OCH3 is 1. The lowest BCUT2D eigenvalue weighted by molar-refractivity contribution is -0.146. The molecule has 0 aromatic heterocycles. The highest BCUT2D eigenvalue weighted by Gasteiger charge is 2.37. The van der Waals surface area contributed by atoms with Crippen molar-refractivity contribution in [3.8, 4) is 0 Å². The minimum Gasteiger partial charge on any atom is -0.469 e. The van der Waals surface area contributed by atoms with E-state index < -0.39 is 5.41 Å². The number of carbonyl (C=O) groups excluding carboxylic acids is 2. The Morgan fingerprint density at radius 2 is 2.00 bits per heavy atom. The Labute approximate surface area is 155 Å². The molecule has 8 heteroatoms. The third kappa shape index (κ3) is 5.82. The Bertz CT molecular complexity index is 454. The van der Waals surface area contributed by atoms with Gasteiger partial charge in [-0.3, -0.25) is 14.6 Å². The number of likely N-dealkylation sites (tertiary alicyclic amines) is 1. The Morgan fingerprint density at radius 3 is 2.48 bits per heavy atom. The Balaban J connectivity index is 0.00000484. The molecule has 0 saturated carbocycles. The summed E-state index contributed by atoms with van der Waals surface area (Å²) >= 11 is 0. The summed E-state index contributed by atoms with van der Waals surface area (Å²) in [5.41, 5.74) is 4.68. The highest BCUT2D eigenvalue weighted by atomic mass is 127. The summed E-state index contributed by atoms with van der Waals surface area (Å²) in [6.45, 7) is 9.85. The molecule has 1 saturated heterocycles. The maximum atomic E-state index is 11.8. The van der Waals surface area contributed by atoms with E-state index in [4.69, 9.17) is 10.5 Å². The van der Waals surface area contributed by atoms with Crippen LogP contribution in [0.2, 0.25) is 0 Å². The van der Waals surface area contributed by atoms with Crippen molar-refractivity contribution in [2.75, 3.05) is 33.3 Å². The van der Waals surface area contributed by atoms with Gasteiger partial charge in [-0.2, -0.15) is 0 Å². The molecule has 1 aliphatic rings. The zero-order valence-corrected chi connectivity index (χ0v) is 16.9. The number of nitrogens with one attached hydrogen (secondary N) is 1. The van der Waals surface area contributed by atoms with Crippen LogP contribution in [0.5, 0.6) is 0 Å². The summed E-state index contributed by atoms with van der Waals surface area (Å²) in [7, 11) is 1.41. The Kier molecular flexibility index (Phi) is 8.86. The lowest BCUT2D eigenvalue weighted by atomic mass is 9.93. The summed E-state index contributed by atoms with van der Waals surface area (Å²) in [6.07, 6.45) is 0. The number of nitrogens with zero attached hydrogens (tertiary/aromatic N) is 2. The second kappa shape index (κ2) is 9.29. The van der Waals surface area contributed by atoms with Crippen LogP contribution >= 0.6 is 24.0 Å². The number of nitrogens with two attached hydrogens (primary N) is 1. The monoisotopic (exact) mass is 440 g/mol. The summed E-state index contributed by atoms with van der Waals surface area (Å²) in [5.74, 6) is 0.172. The minimum atomic E-state index is -0.701. The van der Waals surface area contributed by atoms with Crippen molar-refractivity contribution < 1.29 is 14.3 Å². The number of carbonyl (C=O) groups is 2. The molecule has 2 unspecified atom stereocenters. The van der Waals surface area contributed by atoms with Crippen LogP contribution in [-0.2, 0) is 14.3 Å². The van der Waals surface area contributed by atoms with E-state index >= 15 is 0 Å². The van der Waals surface area contributed by atoms with E-state index in [1.807, 2.05) is 18.7 Å². The predicted octanol–water partition coefficient (Wildman–Crippen LogP) is 0.822. The molecule has 7 nitrogen and oxygen atoms in total.